The summed E-state index contributed by atoms with van der Waals surface area (Å²) in [5.74, 6) is 1.42. The van der Waals surface area contributed by atoms with Gasteiger partial charge in [-0.05, 0) is 24.3 Å². The van der Waals surface area contributed by atoms with Gasteiger partial charge in [-0.3, -0.25) is 0 Å². The van der Waals surface area contributed by atoms with Crippen LogP contribution >= 0.6 is 11.8 Å². The Hall–Kier alpha value is -2.07. The van der Waals surface area contributed by atoms with Gasteiger partial charge in [0.2, 0.25) is 5.89 Å². The van der Waals surface area contributed by atoms with Gasteiger partial charge in [-0.2, -0.15) is 0 Å². The number of benzene rings is 1. The van der Waals surface area contributed by atoms with E-state index in [1.807, 2.05) is 48.5 Å². The SMILES string of the molecule is c1ccc(-c2nc(CSc3ccccn3)co2)cc1. The lowest BCUT2D eigenvalue weighted by Crippen LogP contribution is -1.83. The maximum absolute atomic E-state index is 5.49. The summed E-state index contributed by atoms with van der Waals surface area (Å²) < 4.78 is 5.49. The van der Waals surface area contributed by atoms with Gasteiger partial charge in [-0.25, -0.2) is 9.97 Å². The standard InChI is InChI=1S/C15H12N2OS/c1-2-6-12(7-3-1)15-17-13(10-18-15)11-19-14-8-4-5-9-16-14/h1-10H,11H2. The van der Waals surface area contributed by atoms with Crippen molar-refractivity contribution in [3.8, 4) is 11.5 Å². The molecule has 4 heteroatoms. The molecule has 0 fully saturated rings. The summed E-state index contributed by atoms with van der Waals surface area (Å²) in [5.41, 5.74) is 1.92. The minimum atomic E-state index is 0.664. The average molecular weight is 268 g/mol. The van der Waals surface area contributed by atoms with Crippen molar-refractivity contribution in [2.24, 2.45) is 0 Å². The fourth-order valence-electron chi connectivity index (χ4n) is 1.67. The van der Waals surface area contributed by atoms with Crippen molar-refractivity contribution in [3.05, 3.63) is 66.7 Å². The second-order valence-electron chi connectivity index (χ2n) is 3.97. The summed E-state index contributed by atoms with van der Waals surface area (Å²) in [7, 11) is 0. The van der Waals surface area contributed by atoms with Crippen molar-refractivity contribution >= 4 is 11.8 Å². The Balaban J connectivity index is 1.69. The highest BCUT2D eigenvalue weighted by molar-refractivity contribution is 7.98. The number of pyridine rings is 1. The summed E-state index contributed by atoms with van der Waals surface area (Å²) in [6.45, 7) is 0. The third-order valence-electron chi connectivity index (χ3n) is 2.58. The molecule has 1 aromatic carbocycles. The van der Waals surface area contributed by atoms with Crippen LogP contribution in [-0.2, 0) is 5.75 Å². The number of thioether (sulfide) groups is 1. The first kappa shape index (κ1) is 12.0. The highest BCUT2D eigenvalue weighted by Crippen LogP contribution is 2.23. The van der Waals surface area contributed by atoms with Crippen molar-refractivity contribution < 1.29 is 4.42 Å². The predicted octanol–water partition coefficient (Wildman–Crippen LogP) is 4.03. The van der Waals surface area contributed by atoms with Crippen molar-refractivity contribution in [1.29, 1.82) is 0 Å². The molecule has 94 valence electrons. The monoisotopic (exact) mass is 268 g/mol. The summed E-state index contributed by atoms with van der Waals surface area (Å²) >= 11 is 1.65. The van der Waals surface area contributed by atoms with E-state index < -0.39 is 0 Å². The zero-order chi connectivity index (χ0) is 12.9. The van der Waals surface area contributed by atoms with Crippen LogP contribution in [0.15, 0.2) is 70.4 Å². The molecule has 3 rings (SSSR count). The van der Waals surface area contributed by atoms with Crippen LogP contribution in [0.25, 0.3) is 11.5 Å². The Morgan fingerprint density at radius 1 is 1.00 bits per heavy atom. The molecule has 0 saturated carbocycles. The van der Waals surface area contributed by atoms with Crippen LogP contribution in [0.5, 0.6) is 0 Å². The Kier molecular flexibility index (Phi) is 3.61. The van der Waals surface area contributed by atoms with E-state index in [-0.39, 0.29) is 0 Å². The Bertz CT molecular complexity index is 638. The summed E-state index contributed by atoms with van der Waals surface area (Å²) in [6, 6.07) is 15.8. The van der Waals surface area contributed by atoms with Crippen LogP contribution in [0.2, 0.25) is 0 Å². The van der Waals surface area contributed by atoms with E-state index in [2.05, 4.69) is 9.97 Å². The first-order valence-corrected chi connectivity index (χ1v) is 6.94. The number of oxazole rings is 1. The van der Waals surface area contributed by atoms with E-state index in [9.17, 15) is 0 Å². The van der Waals surface area contributed by atoms with Gasteiger partial charge in [0.05, 0.1) is 10.7 Å². The van der Waals surface area contributed by atoms with E-state index >= 15 is 0 Å². The molecule has 3 aromatic rings. The van der Waals surface area contributed by atoms with E-state index in [1.165, 1.54) is 0 Å². The molecule has 0 spiro atoms. The predicted molar refractivity (Wildman–Crippen MR) is 75.7 cm³/mol. The number of hydrogen-bond donors (Lipinski definition) is 0. The third-order valence-corrected chi connectivity index (χ3v) is 3.56. The van der Waals surface area contributed by atoms with Crippen molar-refractivity contribution in [1.82, 2.24) is 9.97 Å². The maximum Gasteiger partial charge on any atom is 0.226 e. The molecule has 0 aliphatic rings. The number of aromatic nitrogens is 2. The quantitative estimate of drug-likeness (QED) is 0.670. The zero-order valence-corrected chi connectivity index (χ0v) is 11.0. The molecule has 3 nitrogen and oxygen atoms in total. The molecular formula is C15H12N2OS. The maximum atomic E-state index is 5.49. The molecule has 19 heavy (non-hydrogen) atoms. The Labute approximate surface area is 115 Å². The van der Waals surface area contributed by atoms with Gasteiger partial charge in [0.1, 0.15) is 6.26 Å². The van der Waals surface area contributed by atoms with Gasteiger partial charge in [0, 0.05) is 17.5 Å². The summed E-state index contributed by atoms with van der Waals surface area (Å²) in [6.07, 6.45) is 3.50. The minimum Gasteiger partial charge on any atom is -0.444 e. The molecule has 0 bridgehead atoms. The fourth-order valence-corrected chi connectivity index (χ4v) is 2.41. The molecule has 2 heterocycles. The van der Waals surface area contributed by atoms with Crippen LogP contribution in [0, 0.1) is 0 Å². The Morgan fingerprint density at radius 3 is 2.63 bits per heavy atom. The first-order valence-electron chi connectivity index (χ1n) is 5.95. The van der Waals surface area contributed by atoms with Crippen molar-refractivity contribution in [2.45, 2.75) is 10.8 Å². The molecule has 0 amide bonds. The van der Waals surface area contributed by atoms with Crippen LogP contribution in [0.3, 0.4) is 0 Å². The van der Waals surface area contributed by atoms with Crippen LogP contribution in [0.4, 0.5) is 0 Å². The minimum absolute atomic E-state index is 0.664. The Morgan fingerprint density at radius 2 is 1.84 bits per heavy atom. The van der Waals surface area contributed by atoms with Gasteiger partial charge in [-0.15, -0.1) is 0 Å². The van der Waals surface area contributed by atoms with Gasteiger partial charge < -0.3 is 4.42 Å². The molecule has 0 radical (unpaired) electrons. The van der Waals surface area contributed by atoms with Gasteiger partial charge in [-0.1, -0.05) is 36.0 Å². The highest BCUT2D eigenvalue weighted by atomic mass is 32.2. The van der Waals surface area contributed by atoms with E-state index in [4.69, 9.17) is 4.42 Å². The number of hydrogen-bond acceptors (Lipinski definition) is 4. The zero-order valence-electron chi connectivity index (χ0n) is 10.2. The molecule has 2 aromatic heterocycles. The van der Waals surface area contributed by atoms with E-state index in [0.29, 0.717) is 5.89 Å². The molecule has 0 atom stereocenters. The highest BCUT2D eigenvalue weighted by Gasteiger charge is 2.06. The smallest absolute Gasteiger partial charge is 0.226 e. The largest absolute Gasteiger partial charge is 0.444 e. The van der Waals surface area contributed by atoms with Crippen LogP contribution in [0.1, 0.15) is 5.69 Å². The van der Waals surface area contributed by atoms with Crippen molar-refractivity contribution in [3.63, 3.8) is 0 Å². The average Bonchev–Trinajstić information content (AvgIpc) is 2.96. The molecular weight excluding hydrogens is 256 g/mol. The molecule has 0 aliphatic carbocycles. The summed E-state index contributed by atoms with van der Waals surface area (Å²) in [4.78, 5) is 8.74. The number of rotatable bonds is 4. The normalized spacial score (nSPS) is 10.5. The second-order valence-corrected chi connectivity index (χ2v) is 4.96. The van der Waals surface area contributed by atoms with E-state index in [1.54, 1.807) is 24.2 Å². The lowest BCUT2D eigenvalue weighted by Gasteiger charge is -1.96. The second kappa shape index (κ2) is 5.71. The molecule has 0 saturated heterocycles. The molecule has 0 unspecified atom stereocenters. The van der Waals surface area contributed by atoms with E-state index in [0.717, 1.165) is 22.0 Å². The van der Waals surface area contributed by atoms with Gasteiger partial charge >= 0.3 is 0 Å². The molecule has 0 N–H and O–H groups in total. The van der Waals surface area contributed by atoms with Crippen LogP contribution < -0.4 is 0 Å². The summed E-state index contributed by atoms with van der Waals surface area (Å²) in [5, 5.41) is 0.992. The van der Waals surface area contributed by atoms with Crippen LogP contribution in [-0.4, -0.2) is 9.97 Å². The lowest BCUT2D eigenvalue weighted by atomic mass is 10.2. The van der Waals surface area contributed by atoms with Gasteiger partial charge in [0.25, 0.3) is 0 Å². The van der Waals surface area contributed by atoms with Crippen molar-refractivity contribution in [2.75, 3.05) is 0 Å². The molecule has 0 aliphatic heterocycles. The topological polar surface area (TPSA) is 38.9 Å². The first-order chi connectivity index (χ1) is 9.42. The van der Waals surface area contributed by atoms with Gasteiger partial charge in [0.15, 0.2) is 0 Å². The lowest BCUT2D eigenvalue weighted by molar-refractivity contribution is 0.573. The number of nitrogens with zero attached hydrogens (tertiary/aromatic N) is 2. The fraction of sp³-hybridized carbons (Fsp3) is 0.0667. The third kappa shape index (κ3) is 3.03.